The Morgan fingerprint density at radius 1 is 0.821 bits per heavy atom. The average molecular weight is 372 g/mol. The van der Waals surface area contributed by atoms with Crippen molar-refractivity contribution in [1.82, 2.24) is 4.90 Å². The van der Waals surface area contributed by atoms with Gasteiger partial charge in [0.25, 0.3) is 11.8 Å². The molecule has 3 rings (SSSR count). The predicted octanol–water partition coefficient (Wildman–Crippen LogP) is 4.83. The van der Waals surface area contributed by atoms with Gasteiger partial charge in [-0.1, -0.05) is 42.5 Å². The summed E-state index contributed by atoms with van der Waals surface area (Å²) in [6, 6.07) is 22.4. The van der Waals surface area contributed by atoms with Gasteiger partial charge in [0.2, 0.25) is 0 Å². The number of aryl methyl sites for hydroxylation is 1. The maximum Gasteiger partial charge on any atom is 0.255 e. The van der Waals surface area contributed by atoms with Crippen LogP contribution in [0.5, 0.6) is 0 Å². The summed E-state index contributed by atoms with van der Waals surface area (Å²) in [5, 5.41) is 2.94. The quantitative estimate of drug-likeness (QED) is 0.697. The molecule has 4 nitrogen and oxygen atoms in total. The highest BCUT2D eigenvalue weighted by Crippen LogP contribution is 2.19. The van der Waals surface area contributed by atoms with Crippen LogP contribution in [0.2, 0.25) is 0 Å². The molecule has 0 aromatic heterocycles. The van der Waals surface area contributed by atoms with Gasteiger partial charge in [0.05, 0.1) is 0 Å². The number of nitrogens with one attached hydrogen (secondary N) is 1. The van der Waals surface area contributed by atoms with Gasteiger partial charge in [-0.25, -0.2) is 0 Å². The number of carbonyl (C=O) groups is 2. The number of rotatable bonds is 5. The smallest absolute Gasteiger partial charge is 0.255 e. The molecule has 0 saturated carbocycles. The molecule has 0 saturated heterocycles. The largest absolute Gasteiger partial charge is 0.337 e. The van der Waals surface area contributed by atoms with Gasteiger partial charge in [-0.05, 0) is 60.9 Å². The van der Waals surface area contributed by atoms with Crippen molar-refractivity contribution in [3.05, 3.63) is 101 Å². The molecule has 0 atom stereocenters. The van der Waals surface area contributed by atoms with Crippen LogP contribution in [0.25, 0.3) is 0 Å². The molecule has 2 amide bonds. The van der Waals surface area contributed by atoms with Crippen molar-refractivity contribution in [3.8, 4) is 0 Å². The SMILES string of the molecule is Cc1cccc(NC(=O)c2ccc(C(=O)N(C)Cc3ccccc3)cc2)c1C. The predicted molar refractivity (Wildman–Crippen MR) is 113 cm³/mol. The molecule has 0 bridgehead atoms. The molecule has 3 aromatic carbocycles. The molecule has 0 fully saturated rings. The lowest BCUT2D eigenvalue weighted by Crippen LogP contribution is -2.26. The van der Waals surface area contributed by atoms with Crippen LogP contribution in [-0.2, 0) is 6.54 Å². The number of hydrogen-bond acceptors (Lipinski definition) is 2. The molecule has 0 spiro atoms. The number of hydrogen-bond donors (Lipinski definition) is 1. The van der Waals surface area contributed by atoms with Gasteiger partial charge in [0.15, 0.2) is 0 Å². The highest BCUT2D eigenvalue weighted by Gasteiger charge is 2.14. The van der Waals surface area contributed by atoms with Crippen molar-refractivity contribution in [2.24, 2.45) is 0 Å². The molecule has 0 aliphatic rings. The van der Waals surface area contributed by atoms with Gasteiger partial charge in [-0.15, -0.1) is 0 Å². The first kappa shape index (κ1) is 19.4. The summed E-state index contributed by atoms with van der Waals surface area (Å²) in [7, 11) is 1.77. The molecule has 1 N–H and O–H groups in total. The van der Waals surface area contributed by atoms with Crippen LogP contribution in [0.3, 0.4) is 0 Å². The van der Waals surface area contributed by atoms with Gasteiger partial charge >= 0.3 is 0 Å². The third-order valence-corrected chi connectivity index (χ3v) is 4.86. The van der Waals surface area contributed by atoms with Crippen LogP contribution in [-0.4, -0.2) is 23.8 Å². The van der Waals surface area contributed by atoms with Crippen LogP contribution in [0.1, 0.15) is 37.4 Å². The summed E-state index contributed by atoms with van der Waals surface area (Å²) in [6.07, 6.45) is 0. The normalized spacial score (nSPS) is 10.4. The molecule has 4 heteroatoms. The number of carbonyl (C=O) groups excluding carboxylic acids is 2. The summed E-state index contributed by atoms with van der Waals surface area (Å²) in [5.41, 5.74) is 5.12. The first-order valence-electron chi connectivity index (χ1n) is 9.22. The van der Waals surface area contributed by atoms with E-state index < -0.39 is 0 Å². The summed E-state index contributed by atoms with van der Waals surface area (Å²) in [5.74, 6) is -0.268. The Morgan fingerprint density at radius 2 is 1.46 bits per heavy atom. The van der Waals surface area contributed by atoms with Crippen molar-refractivity contribution in [3.63, 3.8) is 0 Å². The fourth-order valence-electron chi connectivity index (χ4n) is 2.99. The zero-order chi connectivity index (χ0) is 20.1. The Hall–Kier alpha value is -3.40. The fraction of sp³-hybridized carbons (Fsp3) is 0.167. The minimum Gasteiger partial charge on any atom is -0.337 e. The van der Waals surface area contributed by atoms with Crippen molar-refractivity contribution >= 4 is 17.5 Å². The number of amides is 2. The van der Waals surface area contributed by atoms with Crippen LogP contribution in [0, 0.1) is 13.8 Å². The van der Waals surface area contributed by atoms with E-state index >= 15 is 0 Å². The lowest BCUT2D eigenvalue weighted by Gasteiger charge is -2.17. The van der Waals surface area contributed by atoms with E-state index in [-0.39, 0.29) is 11.8 Å². The molecule has 0 radical (unpaired) electrons. The van der Waals surface area contributed by atoms with E-state index in [0.717, 1.165) is 22.4 Å². The number of anilines is 1. The van der Waals surface area contributed by atoms with E-state index in [2.05, 4.69) is 5.32 Å². The van der Waals surface area contributed by atoms with Crippen LogP contribution in [0.4, 0.5) is 5.69 Å². The lowest BCUT2D eigenvalue weighted by molar-refractivity contribution is 0.0784. The van der Waals surface area contributed by atoms with Crippen LogP contribution >= 0.6 is 0 Å². The van der Waals surface area contributed by atoms with E-state index in [0.29, 0.717) is 17.7 Å². The molecule has 0 aliphatic carbocycles. The minimum absolute atomic E-state index is 0.0784. The van der Waals surface area contributed by atoms with Crippen LogP contribution in [0.15, 0.2) is 72.8 Å². The molecule has 0 aliphatic heterocycles. The molecule has 142 valence electrons. The Bertz CT molecular complexity index is 979. The van der Waals surface area contributed by atoms with Gasteiger partial charge in [0.1, 0.15) is 0 Å². The third-order valence-electron chi connectivity index (χ3n) is 4.86. The Labute approximate surface area is 165 Å². The van der Waals surface area contributed by atoms with E-state index in [9.17, 15) is 9.59 Å². The molecule has 3 aromatic rings. The Kier molecular flexibility index (Phi) is 5.90. The van der Waals surface area contributed by atoms with Crippen LogP contribution < -0.4 is 5.32 Å². The standard InChI is InChI=1S/C24H24N2O2/c1-17-8-7-11-22(18(17)2)25-23(27)20-12-14-21(15-13-20)24(28)26(3)16-19-9-5-4-6-10-19/h4-15H,16H2,1-3H3,(H,25,27). The first-order valence-corrected chi connectivity index (χ1v) is 9.22. The monoisotopic (exact) mass is 372 g/mol. The fourth-order valence-corrected chi connectivity index (χ4v) is 2.99. The van der Waals surface area contributed by atoms with Crippen molar-refractivity contribution in [1.29, 1.82) is 0 Å². The molecule has 0 heterocycles. The van der Waals surface area contributed by atoms with Gasteiger partial charge in [-0.3, -0.25) is 9.59 Å². The second kappa shape index (κ2) is 8.53. The topological polar surface area (TPSA) is 49.4 Å². The maximum absolute atomic E-state index is 12.6. The van der Waals surface area contributed by atoms with Gasteiger partial charge in [0, 0.05) is 30.4 Å². The second-order valence-electron chi connectivity index (χ2n) is 6.93. The van der Waals surface area contributed by atoms with Crippen molar-refractivity contribution in [2.45, 2.75) is 20.4 Å². The highest BCUT2D eigenvalue weighted by molar-refractivity contribution is 6.05. The summed E-state index contributed by atoms with van der Waals surface area (Å²) < 4.78 is 0. The zero-order valence-corrected chi connectivity index (χ0v) is 16.4. The Balaban J connectivity index is 1.67. The lowest BCUT2D eigenvalue weighted by atomic mass is 10.1. The van der Waals surface area contributed by atoms with Crippen molar-refractivity contribution < 1.29 is 9.59 Å². The Morgan fingerprint density at radius 3 is 2.14 bits per heavy atom. The van der Waals surface area contributed by atoms with Gasteiger partial charge < -0.3 is 10.2 Å². The second-order valence-corrected chi connectivity index (χ2v) is 6.93. The minimum atomic E-state index is -0.190. The maximum atomic E-state index is 12.6. The van der Waals surface area contributed by atoms with E-state index in [1.165, 1.54) is 0 Å². The zero-order valence-electron chi connectivity index (χ0n) is 16.4. The first-order chi connectivity index (χ1) is 13.5. The van der Waals surface area contributed by atoms with Gasteiger partial charge in [-0.2, -0.15) is 0 Å². The molecule has 0 unspecified atom stereocenters. The van der Waals surface area contributed by atoms with E-state index in [4.69, 9.17) is 0 Å². The molecular formula is C24H24N2O2. The summed E-state index contributed by atoms with van der Waals surface area (Å²) >= 11 is 0. The number of benzene rings is 3. The average Bonchev–Trinajstić information content (AvgIpc) is 2.71. The summed E-state index contributed by atoms with van der Waals surface area (Å²) in [6.45, 7) is 4.53. The molecule has 28 heavy (non-hydrogen) atoms. The highest BCUT2D eigenvalue weighted by atomic mass is 16.2. The third kappa shape index (κ3) is 4.46. The van der Waals surface area contributed by atoms with Crippen molar-refractivity contribution in [2.75, 3.05) is 12.4 Å². The van der Waals surface area contributed by atoms with E-state index in [1.807, 2.05) is 62.4 Å². The summed E-state index contributed by atoms with van der Waals surface area (Å²) in [4.78, 5) is 26.8. The van der Waals surface area contributed by atoms with E-state index in [1.54, 1.807) is 36.2 Å². The number of nitrogens with zero attached hydrogens (tertiary/aromatic N) is 1. The molecular weight excluding hydrogens is 348 g/mol.